The molecule has 24 heavy (non-hydrogen) atoms. The van der Waals surface area contributed by atoms with Crippen molar-refractivity contribution in [3.8, 4) is 0 Å². The van der Waals surface area contributed by atoms with Gasteiger partial charge in [-0.2, -0.15) is 0 Å². The monoisotopic (exact) mass is 348 g/mol. The number of rotatable bonds is 4. The lowest BCUT2D eigenvalue weighted by molar-refractivity contribution is 0.0699. The first-order valence-electron chi connectivity index (χ1n) is 6.91. The molecule has 0 amide bonds. The molecule has 0 spiro atoms. The van der Waals surface area contributed by atoms with Gasteiger partial charge in [0.25, 0.3) is 10.0 Å². The molecule has 0 atom stereocenters. The zero-order valence-electron chi connectivity index (χ0n) is 12.5. The molecule has 0 bridgehead atoms. The number of fused-ring (bicyclic) bond motifs is 1. The second-order valence-electron chi connectivity index (χ2n) is 5.28. The maximum Gasteiger partial charge on any atom is 0.337 e. The Morgan fingerprint density at radius 3 is 2.67 bits per heavy atom. The predicted octanol–water partition coefficient (Wildman–Crippen LogP) is 3.11. The standard InChI is InChI=1S/C16H13FN2O4S/c1-9-2-3-10(17)6-15(9)24(22,23)19-11-4-5-12-13(16(20)21)8-18-14(12)7-11/h2-8,18-19H,1H3,(H,20,21). The number of hydrogen-bond acceptors (Lipinski definition) is 3. The van der Waals surface area contributed by atoms with E-state index in [4.69, 9.17) is 5.11 Å². The third-order valence-electron chi connectivity index (χ3n) is 3.60. The van der Waals surface area contributed by atoms with E-state index in [9.17, 15) is 17.6 Å². The van der Waals surface area contributed by atoms with Crippen LogP contribution in [0.2, 0.25) is 0 Å². The van der Waals surface area contributed by atoms with Crippen molar-refractivity contribution in [2.45, 2.75) is 11.8 Å². The largest absolute Gasteiger partial charge is 0.478 e. The van der Waals surface area contributed by atoms with Crippen molar-refractivity contribution in [1.82, 2.24) is 4.98 Å². The van der Waals surface area contributed by atoms with Crippen LogP contribution in [0.1, 0.15) is 15.9 Å². The van der Waals surface area contributed by atoms with Gasteiger partial charge in [-0.25, -0.2) is 17.6 Å². The van der Waals surface area contributed by atoms with Gasteiger partial charge in [0.15, 0.2) is 0 Å². The highest BCUT2D eigenvalue weighted by atomic mass is 32.2. The molecule has 0 aliphatic rings. The maximum atomic E-state index is 13.4. The number of sulfonamides is 1. The van der Waals surface area contributed by atoms with Gasteiger partial charge in [-0.15, -0.1) is 0 Å². The fraction of sp³-hybridized carbons (Fsp3) is 0.0625. The molecule has 1 heterocycles. The molecular formula is C16H13FN2O4S. The van der Waals surface area contributed by atoms with Gasteiger partial charge in [-0.1, -0.05) is 6.07 Å². The highest BCUT2D eigenvalue weighted by molar-refractivity contribution is 7.92. The Hall–Kier alpha value is -2.87. The van der Waals surface area contributed by atoms with Crippen molar-refractivity contribution in [1.29, 1.82) is 0 Å². The molecule has 0 saturated carbocycles. The first-order chi connectivity index (χ1) is 11.3. The number of carboxylic acids is 1. The minimum Gasteiger partial charge on any atom is -0.478 e. The van der Waals surface area contributed by atoms with Crippen molar-refractivity contribution >= 4 is 32.6 Å². The fourth-order valence-electron chi connectivity index (χ4n) is 2.44. The van der Waals surface area contributed by atoms with Crippen LogP contribution in [0.3, 0.4) is 0 Å². The molecule has 0 unspecified atom stereocenters. The van der Waals surface area contributed by atoms with Gasteiger partial charge >= 0.3 is 5.97 Å². The van der Waals surface area contributed by atoms with Gasteiger partial charge in [0.2, 0.25) is 0 Å². The van der Waals surface area contributed by atoms with Gasteiger partial charge in [-0.05, 0) is 42.8 Å². The van der Waals surface area contributed by atoms with Gasteiger partial charge < -0.3 is 10.1 Å². The summed E-state index contributed by atoms with van der Waals surface area (Å²) in [6.07, 6.45) is 1.34. The Morgan fingerprint density at radius 1 is 1.21 bits per heavy atom. The lowest BCUT2D eigenvalue weighted by atomic mass is 10.1. The first-order valence-corrected chi connectivity index (χ1v) is 8.39. The lowest BCUT2D eigenvalue weighted by Gasteiger charge is -2.10. The normalized spacial score (nSPS) is 11.6. The first kappa shape index (κ1) is 16.0. The minimum absolute atomic E-state index is 0.0976. The van der Waals surface area contributed by atoms with E-state index in [1.54, 1.807) is 6.92 Å². The van der Waals surface area contributed by atoms with E-state index < -0.39 is 21.8 Å². The van der Waals surface area contributed by atoms with Crippen LogP contribution in [0.4, 0.5) is 10.1 Å². The Kier molecular flexibility index (Phi) is 3.76. The number of carbonyl (C=O) groups is 1. The Morgan fingerprint density at radius 2 is 1.96 bits per heavy atom. The second-order valence-corrected chi connectivity index (χ2v) is 6.93. The van der Waals surface area contributed by atoms with Gasteiger partial charge in [-0.3, -0.25) is 4.72 Å². The fourth-order valence-corrected chi connectivity index (χ4v) is 3.75. The number of aromatic carboxylic acids is 1. The second kappa shape index (κ2) is 5.64. The predicted molar refractivity (Wildman–Crippen MR) is 87.2 cm³/mol. The number of anilines is 1. The summed E-state index contributed by atoms with van der Waals surface area (Å²) >= 11 is 0. The Balaban J connectivity index is 1.99. The van der Waals surface area contributed by atoms with Crippen molar-refractivity contribution in [3.05, 3.63) is 59.5 Å². The molecule has 3 aromatic rings. The zero-order chi connectivity index (χ0) is 17.5. The average molecular weight is 348 g/mol. The summed E-state index contributed by atoms with van der Waals surface area (Å²) in [5.74, 6) is -1.73. The molecule has 8 heteroatoms. The summed E-state index contributed by atoms with van der Waals surface area (Å²) in [5.41, 5.74) is 1.23. The van der Waals surface area contributed by atoms with Gasteiger partial charge in [0.05, 0.1) is 16.1 Å². The number of benzene rings is 2. The molecule has 0 fully saturated rings. The molecule has 124 valence electrons. The van der Waals surface area contributed by atoms with E-state index in [2.05, 4.69) is 9.71 Å². The molecule has 0 saturated heterocycles. The number of aromatic nitrogens is 1. The molecule has 0 aliphatic carbocycles. The highest BCUT2D eigenvalue weighted by Crippen LogP contribution is 2.25. The van der Waals surface area contributed by atoms with Crippen LogP contribution in [-0.4, -0.2) is 24.5 Å². The molecular weight excluding hydrogens is 335 g/mol. The van der Waals surface area contributed by atoms with Crippen LogP contribution in [0.15, 0.2) is 47.5 Å². The summed E-state index contributed by atoms with van der Waals surface area (Å²) in [6, 6.07) is 7.96. The van der Waals surface area contributed by atoms with E-state index in [-0.39, 0.29) is 16.1 Å². The van der Waals surface area contributed by atoms with Crippen molar-refractivity contribution in [2.75, 3.05) is 4.72 Å². The molecule has 6 nitrogen and oxygen atoms in total. The van der Waals surface area contributed by atoms with Crippen molar-refractivity contribution in [3.63, 3.8) is 0 Å². The molecule has 0 radical (unpaired) electrons. The third-order valence-corrected chi connectivity index (χ3v) is 5.13. The smallest absolute Gasteiger partial charge is 0.337 e. The molecule has 3 rings (SSSR count). The van der Waals surface area contributed by atoms with Crippen LogP contribution >= 0.6 is 0 Å². The van der Waals surface area contributed by atoms with Crippen molar-refractivity contribution < 1.29 is 22.7 Å². The van der Waals surface area contributed by atoms with Crippen LogP contribution in [-0.2, 0) is 10.0 Å². The number of hydrogen-bond donors (Lipinski definition) is 3. The molecule has 1 aromatic heterocycles. The van der Waals surface area contributed by atoms with E-state index in [0.29, 0.717) is 16.5 Å². The van der Waals surface area contributed by atoms with Gasteiger partial charge in [0, 0.05) is 17.1 Å². The van der Waals surface area contributed by atoms with E-state index >= 15 is 0 Å². The van der Waals surface area contributed by atoms with E-state index in [0.717, 1.165) is 6.07 Å². The number of nitrogens with one attached hydrogen (secondary N) is 2. The Bertz CT molecular complexity index is 1060. The third kappa shape index (κ3) is 2.83. The van der Waals surface area contributed by atoms with E-state index in [1.165, 1.54) is 36.5 Å². The SMILES string of the molecule is Cc1ccc(F)cc1S(=O)(=O)Nc1ccc2c(C(=O)O)c[nH]c2c1. The maximum absolute atomic E-state index is 13.4. The lowest BCUT2D eigenvalue weighted by Crippen LogP contribution is -2.14. The van der Waals surface area contributed by atoms with E-state index in [1.807, 2.05) is 0 Å². The van der Waals surface area contributed by atoms with Crippen LogP contribution in [0, 0.1) is 12.7 Å². The highest BCUT2D eigenvalue weighted by Gasteiger charge is 2.18. The number of aromatic amines is 1. The summed E-state index contributed by atoms with van der Waals surface area (Å²) in [5, 5.41) is 9.53. The average Bonchev–Trinajstić information content (AvgIpc) is 2.92. The molecule has 2 aromatic carbocycles. The topological polar surface area (TPSA) is 99.3 Å². The van der Waals surface area contributed by atoms with Crippen LogP contribution in [0.5, 0.6) is 0 Å². The number of H-pyrrole nitrogens is 1. The molecule has 0 aliphatic heterocycles. The van der Waals surface area contributed by atoms with Crippen LogP contribution in [0.25, 0.3) is 10.9 Å². The number of halogens is 1. The Labute approximate surface area is 137 Å². The van der Waals surface area contributed by atoms with Crippen LogP contribution < -0.4 is 4.72 Å². The summed E-state index contributed by atoms with van der Waals surface area (Å²) in [7, 11) is -3.96. The minimum atomic E-state index is -3.96. The number of carboxylic acid groups (broad SMARTS) is 1. The summed E-state index contributed by atoms with van der Waals surface area (Å²) in [6.45, 7) is 1.57. The summed E-state index contributed by atoms with van der Waals surface area (Å²) in [4.78, 5) is 13.7. The number of aryl methyl sites for hydroxylation is 1. The zero-order valence-corrected chi connectivity index (χ0v) is 13.3. The van der Waals surface area contributed by atoms with Crippen molar-refractivity contribution in [2.24, 2.45) is 0 Å². The molecule has 3 N–H and O–H groups in total. The quantitative estimate of drug-likeness (QED) is 0.674. The van der Waals surface area contributed by atoms with Gasteiger partial charge in [0.1, 0.15) is 5.82 Å². The summed E-state index contributed by atoms with van der Waals surface area (Å²) < 4.78 is 40.6.